The van der Waals surface area contributed by atoms with Gasteiger partial charge in [0.05, 0.1) is 6.54 Å². The van der Waals surface area contributed by atoms with Crippen molar-refractivity contribution in [3.05, 3.63) is 0 Å². The number of rotatable bonds is 7. The highest BCUT2D eigenvalue weighted by Gasteiger charge is 2.21. The van der Waals surface area contributed by atoms with Gasteiger partial charge >= 0.3 is 0 Å². The second kappa shape index (κ2) is 5.35. The van der Waals surface area contributed by atoms with Crippen molar-refractivity contribution in [2.45, 2.75) is 49.8 Å². The van der Waals surface area contributed by atoms with Crippen LogP contribution in [0.25, 0.3) is 0 Å². The van der Waals surface area contributed by atoms with Crippen molar-refractivity contribution in [2.24, 2.45) is 5.92 Å². The van der Waals surface area contributed by atoms with Crippen LogP contribution >= 0.6 is 11.8 Å². The van der Waals surface area contributed by atoms with E-state index in [1.165, 1.54) is 37.9 Å². The Labute approximate surface area is 106 Å². The van der Waals surface area contributed by atoms with E-state index in [9.17, 15) is 0 Å². The first-order valence-corrected chi connectivity index (χ1v) is 7.53. The molecule has 1 heterocycles. The lowest BCUT2D eigenvalue weighted by Crippen LogP contribution is -2.23. The van der Waals surface area contributed by atoms with Crippen LogP contribution in [0, 0.1) is 5.92 Å². The van der Waals surface area contributed by atoms with Gasteiger partial charge in [0.25, 0.3) is 0 Å². The average molecular weight is 253 g/mol. The van der Waals surface area contributed by atoms with Crippen LogP contribution in [0.4, 0.5) is 0 Å². The number of hydrogen-bond donors (Lipinski definition) is 1. The molecule has 0 radical (unpaired) electrons. The summed E-state index contributed by atoms with van der Waals surface area (Å²) >= 11 is 1.81. The largest absolute Gasteiger partial charge is 0.312 e. The second-order valence-corrected chi connectivity index (χ2v) is 6.01. The first kappa shape index (κ1) is 11.5. The van der Waals surface area contributed by atoms with Crippen molar-refractivity contribution in [1.29, 1.82) is 0 Å². The molecule has 2 aliphatic rings. The second-order valence-electron chi connectivity index (χ2n) is 5.02. The van der Waals surface area contributed by atoms with E-state index >= 15 is 0 Å². The maximum Gasteiger partial charge on any atom is 0.209 e. The minimum absolute atomic E-state index is 0.762. The molecule has 6 heteroatoms. The minimum atomic E-state index is 0.762. The zero-order valence-electron chi connectivity index (χ0n) is 10.0. The molecule has 5 nitrogen and oxygen atoms in total. The van der Waals surface area contributed by atoms with Crippen molar-refractivity contribution in [2.75, 3.05) is 12.3 Å². The van der Waals surface area contributed by atoms with E-state index in [4.69, 9.17) is 0 Å². The van der Waals surface area contributed by atoms with E-state index in [1.807, 2.05) is 16.4 Å². The lowest BCUT2D eigenvalue weighted by Gasteiger charge is -2.24. The average Bonchev–Trinajstić information content (AvgIpc) is 2.97. The Morgan fingerprint density at radius 3 is 2.88 bits per heavy atom. The quantitative estimate of drug-likeness (QED) is 0.743. The van der Waals surface area contributed by atoms with E-state index in [2.05, 4.69) is 20.8 Å². The molecule has 3 rings (SSSR count). The smallest absolute Gasteiger partial charge is 0.209 e. The number of nitrogens with zero attached hydrogens (tertiary/aromatic N) is 4. The van der Waals surface area contributed by atoms with Gasteiger partial charge in [0, 0.05) is 18.3 Å². The molecule has 0 atom stereocenters. The Hall–Kier alpha value is -0.620. The number of aromatic nitrogens is 4. The third-order valence-corrected chi connectivity index (χ3v) is 4.69. The zero-order valence-corrected chi connectivity index (χ0v) is 10.8. The van der Waals surface area contributed by atoms with Crippen molar-refractivity contribution in [3.8, 4) is 0 Å². The highest BCUT2D eigenvalue weighted by atomic mass is 32.2. The summed E-state index contributed by atoms with van der Waals surface area (Å²) < 4.78 is 1.93. The van der Waals surface area contributed by atoms with Crippen molar-refractivity contribution in [3.63, 3.8) is 0 Å². The first-order chi connectivity index (χ1) is 8.42. The van der Waals surface area contributed by atoms with E-state index in [0.29, 0.717) is 0 Å². The molecule has 1 aromatic heterocycles. The van der Waals surface area contributed by atoms with Crippen molar-refractivity contribution < 1.29 is 0 Å². The molecule has 1 N–H and O–H groups in total. The fraction of sp³-hybridized carbons (Fsp3) is 0.909. The molecule has 2 fully saturated rings. The topological polar surface area (TPSA) is 55.6 Å². The lowest BCUT2D eigenvalue weighted by molar-refractivity contribution is 0.352. The molecular weight excluding hydrogens is 234 g/mol. The predicted molar refractivity (Wildman–Crippen MR) is 66.9 cm³/mol. The maximum atomic E-state index is 4.10. The Morgan fingerprint density at radius 2 is 2.18 bits per heavy atom. The van der Waals surface area contributed by atoms with Gasteiger partial charge in [0.1, 0.15) is 0 Å². The third-order valence-electron chi connectivity index (χ3n) is 3.51. The third kappa shape index (κ3) is 3.19. The van der Waals surface area contributed by atoms with Crippen LogP contribution < -0.4 is 5.32 Å². The van der Waals surface area contributed by atoms with Gasteiger partial charge in [-0.1, -0.05) is 18.2 Å². The molecule has 0 unspecified atom stereocenters. The van der Waals surface area contributed by atoms with Gasteiger partial charge in [0.2, 0.25) is 5.16 Å². The maximum absolute atomic E-state index is 4.10. The van der Waals surface area contributed by atoms with Crippen LogP contribution in [-0.4, -0.2) is 38.5 Å². The molecule has 2 aliphatic carbocycles. The van der Waals surface area contributed by atoms with Crippen LogP contribution in [0.1, 0.15) is 32.1 Å². The Kier molecular flexibility index (Phi) is 3.61. The normalized spacial score (nSPS) is 20.5. The fourth-order valence-corrected chi connectivity index (χ4v) is 3.04. The SMILES string of the molecule is C1CC(CSc2nnnn2CCNC2CC2)C1. The van der Waals surface area contributed by atoms with Crippen LogP contribution in [0.15, 0.2) is 5.16 Å². The van der Waals surface area contributed by atoms with Crippen LogP contribution in [0.2, 0.25) is 0 Å². The van der Waals surface area contributed by atoms with E-state index in [1.54, 1.807) is 0 Å². The summed E-state index contributed by atoms with van der Waals surface area (Å²) in [4.78, 5) is 0. The lowest BCUT2D eigenvalue weighted by atomic mass is 9.87. The minimum Gasteiger partial charge on any atom is -0.312 e. The Balaban J connectivity index is 1.43. The van der Waals surface area contributed by atoms with Crippen molar-refractivity contribution in [1.82, 2.24) is 25.5 Å². The molecule has 0 spiro atoms. The number of nitrogens with one attached hydrogen (secondary N) is 1. The summed E-state index contributed by atoms with van der Waals surface area (Å²) in [5, 5.41) is 16.4. The summed E-state index contributed by atoms with van der Waals surface area (Å²) in [6, 6.07) is 0.762. The first-order valence-electron chi connectivity index (χ1n) is 6.54. The van der Waals surface area contributed by atoms with Gasteiger partial charge in [-0.2, -0.15) is 0 Å². The molecule has 94 valence electrons. The van der Waals surface area contributed by atoms with Crippen LogP contribution in [0.3, 0.4) is 0 Å². The Morgan fingerprint density at radius 1 is 1.29 bits per heavy atom. The standard InChI is InChI=1S/C11H19N5S/c1-2-9(3-1)8-17-11-13-14-15-16(11)7-6-12-10-4-5-10/h9-10,12H,1-8H2. The number of tetrazole rings is 1. The summed E-state index contributed by atoms with van der Waals surface area (Å²) in [6.45, 7) is 1.86. The summed E-state index contributed by atoms with van der Waals surface area (Å²) in [5.74, 6) is 2.07. The molecule has 0 amide bonds. The molecular formula is C11H19N5S. The predicted octanol–water partition coefficient (Wildman–Crippen LogP) is 1.32. The van der Waals surface area contributed by atoms with Gasteiger partial charge < -0.3 is 5.32 Å². The monoisotopic (exact) mass is 253 g/mol. The number of hydrogen-bond acceptors (Lipinski definition) is 5. The highest BCUT2D eigenvalue weighted by Crippen LogP contribution is 2.31. The van der Waals surface area contributed by atoms with Crippen molar-refractivity contribution >= 4 is 11.8 Å². The van der Waals surface area contributed by atoms with E-state index in [0.717, 1.165) is 30.2 Å². The molecule has 1 aromatic rings. The number of thioether (sulfide) groups is 1. The molecule has 0 aliphatic heterocycles. The molecule has 2 saturated carbocycles. The molecule has 0 saturated heterocycles. The van der Waals surface area contributed by atoms with Gasteiger partial charge in [0.15, 0.2) is 0 Å². The van der Waals surface area contributed by atoms with Crippen LogP contribution in [0.5, 0.6) is 0 Å². The summed E-state index contributed by atoms with van der Waals surface area (Å²) in [5.41, 5.74) is 0. The Bertz CT molecular complexity index is 358. The van der Waals surface area contributed by atoms with Gasteiger partial charge in [-0.3, -0.25) is 0 Å². The molecule has 0 aromatic carbocycles. The van der Waals surface area contributed by atoms with Crippen LogP contribution in [-0.2, 0) is 6.54 Å². The fourth-order valence-electron chi connectivity index (χ4n) is 1.95. The van der Waals surface area contributed by atoms with Gasteiger partial charge in [-0.25, -0.2) is 4.68 Å². The summed E-state index contributed by atoms with van der Waals surface area (Å²) in [6.07, 6.45) is 6.84. The molecule has 0 bridgehead atoms. The highest BCUT2D eigenvalue weighted by molar-refractivity contribution is 7.99. The summed E-state index contributed by atoms with van der Waals surface area (Å²) in [7, 11) is 0. The van der Waals surface area contributed by atoms with Gasteiger partial charge in [-0.05, 0) is 42.0 Å². The van der Waals surface area contributed by atoms with Gasteiger partial charge in [-0.15, -0.1) is 5.10 Å². The molecule has 17 heavy (non-hydrogen) atoms. The van der Waals surface area contributed by atoms with E-state index in [-0.39, 0.29) is 0 Å². The van der Waals surface area contributed by atoms with E-state index < -0.39 is 0 Å². The zero-order chi connectivity index (χ0) is 11.5.